The molecule has 26 heavy (non-hydrogen) atoms. The van der Waals surface area contributed by atoms with Gasteiger partial charge in [0.15, 0.2) is 11.7 Å². The fourth-order valence-electron chi connectivity index (χ4n) is 2.66. The van der Waals surface area contributed by atoms with Crippen molar-refractivity contribution in [3.05, 3.63) is 0 Å². The van der Waals surface area contributed by atoms with Crippen molar-refractivity contribution in [2.75, 3.05) is 13.2 Å². The Kier molecular flexibility index (Phi) is 14.5. The van der Waals surface area contributed by atoms with Gasteiger partial charge >= 0.3 is 11.9 Å². The number of hydrogen-bond donors (Lipinski definition) is 4. The Morgan fingerprint density at radius 2 is 1.35 bits per heavy atom. The molecule has 0 aliphatic carbocycles. The maximum absolute atomic E-state index is 11.8. The molecule has 0 rings (SSSR count). The summed E-state index contributed by atoms with van der Waals surface area (Å²) >= 11 is 0. The Bertz CT molecular complexity index is 386. The standard InChI is InChI=1S/C19H36O7/c1-2-3-4-5-6-7-8-9-10-11-12-13-19(25,15-21)18(24)26-17(23)16(22)14-20/h16,20-22,25H,2-15H2,1H3. The lowest BCUT2D eigenvalue weighted by molar-refractivity contribution is -0.183. The third kappa shape index (κ3) is 10.9. The molecule has 0 aliphatic heterocycles. The monoisotopic (exact) mass is 376 g/mol. The van der Waals surface area contributed by atoms with Gasteiger partial charge in [0.05, 0.1) is 13.2 Å². The molecule has 0 bridgehead atoms. The van der Waals surface area contributed by atoms with Gasteiger partial charge in [0.2, 0.25) is 0 Å². The van der Waals surface area contributed by atoms with Gasteiger partial charge in [-0.25, -0.2) is 9.59 Å². The van der Waals surface area contributed by atoms with Gasteiger partial charge in [-0.1, -0.05) is 71.1 Å². The summed E-state index contributed by atoms with van der Waals surface area (Å²) in [7, 11) is 0. The normalized spacial score (nSPS) is 14.7. The van der Waals surface area contributed by atoms with E-state index < -0.39 is 36.9 Å². The highest BCUT2D eigenvalue weighted by Gasteiger charge is 2.38. The molecule has 0 aliphatic rings. The van der Waals surface area contributed by atoms with E-state index in [1.54, 1.807) is 0 Å². The molecule has 7 nitrogen and oxygen atoms in total. The first-order valence-corrected chi connectivity index (χ1v) is 9.79. The number of carbonyl (C=O) groups excluding carboxylic acids is 2. The van der Waals surface area contributed by atoms with Gasteiger partial charge in [-0.15, -0.1) is 0 Å². The fraction of sp³-hybridized carbons (Fsp3) is 0.895. The van der Waals surface area contributed by atoms with Crippen LogP contribution in [0.2, 0.25) is 0 Å². The number of ether oxygens (including phenoxy) is 1. The predicted molar refractivity (Wildman–Crippen MR) is 97.3 cm³/mol. The minimum absolute atomic E-state index is 0.0259. The maximum Gasteiger partial charge on any atom is 0.348 e. The van der Waals surface area contributed by atoms with Crippen molar-refractivity contribution >= 4 is 11.9 Å². The largest absolute Gasteiger partial charge is 0.393 e. The minimum atomic E-state index is -2.16. The zero-order valence-electron chi connectivity index (χ0n) is 16.0. The molecule has 0 aromatic carbocycles. The summed E-state index contributed by atoms with van der Waals surface area (Å²) in [5.41, 5.74) is -2.16. The third-order valence-electron chi connectivity index (χ3n) is 4.47. The van der Waals surface area contributed by atoms with Crippen LogP contribution in [0.15, 0.2) is 0 Å². The smallest absolute Gasteiger partial charge is 0.348 e. The van der Waals surface area contributed by atoms with Crippen LogP contribution >= 0.6 is 0 Å². The van der Waals surface area contributed by atoms with Crippen LogP contribution in [0.5, 0.6) is 0 Å². The Labute approximate surface area is 156 Å². The molecule has 0 saturated heterocycles. The fourth-order valence-corrected chi connectivity index (χ4v) is 2.66. The molecule has 2 unspecified atom stereocenters. The van der Waals surface area contributed by atoms with E-state index in [2.05, 4.69) is 11.7 Å². The molecule has 0 heterocycles. The molecule has 7 heteroatoms. The van der Waals surface area contributed by atoms with Gasteiger partial charge in [-0.2, -0.15) is 0 Å². The van der Waals surface area contributed by atoms with Crippen LogP contribution in [-0.4, -0.2) is 57.3 Å². The van der Waals surface area contributed by atoms with E-state index in [0.29, 0.717) is 6.42 Å². The molecular formula is C19H36O7. The van der Waals surface area contributed by atoms with Crippen molar-refractivity contribution in [2.45, 2.75) is 95.7 Å². The van der Waals surface area contributed by atoms with Crippen molar-refractivity contribution in [1.82, 2.24) is 0 Å². The Morgan fingerprint density at radius 1 is 0.885 bits per heavy atom. The first-order valence-electron chi connectivity index (χ1n) is 9.79. The highest BCUT2D eigenvalue weighted by atomic mass is 16.6. The number of aliphatic hydroxyl groups is 4. The van der Waals surface area contributed by atoms with Gasteiger partial charge in [-0.05, 0) is 12.8 Å². The van der Waals surface area contributed by atoms with Crippen molar-refractivity contribution in [1.29, 1.82) is 0 Å². The molecule has 0 radical (unpaired) electrons. The maximum atomic E-state index is 11.8. The van der Waals surface area contributed by atoms with Crippen molar-refractivity contribution in [2.24, 2.45) is 0 Å². The molecule has 0 aromatic heterocycles. The highest BCUT2D eigenvalue weighted by molar-refractivity contribution is 5.92. The topological polar surface area (TPSA) is 124 Å². The van der Waals surface area contributed by atoms with Gasteiger partial charge in [0, 0.05) is 0 Å². The highest BCUT2D eigenvalue weighted by Crippen LogP contribution is 2.19. The first kappa shape index (κ1) is 25.0. The summed E-state index contributed by atoms with van der Waals surface area (Å²) in [5.74, 6) is -2.65. The molecule has 154 valence electrons. The first-order chi connectivity index (χ1) is 12.4. The quantitative estimate of drug-likeness (QED) is 0.184. The summed E-state index contributed by atoms with van der Waals surface area (Å²) in [5, 5.41) is 37.1. The number of carbonyl (C=O) groups is 2. The third-order valence-corrected chi connectivity index (χ3v) is 4.47. The van der Waals surface area contributed by atoms with Gasteiger partial charge < -0.3 is 25.2 Å². The summed E-state index contributed by atoms with van der Waals surface area (Å²) < 4.78 is 4.31. The Hall–Kier alpha value is -1.02. The van der Waals surface area contributed by atoms with Crippen LogP contribution in [-0.2, 0) is 14.3 Å². The van der Waals surface area contributed by atoms with Crippen LogP contribution in [0.1, 0.15) is 84.0 Å². The Balaban J connectivity index is 3.89. The van der Waals surface area contributed by atoms with Crippen LogP contribution < -0.4 is 0 Å². The molecule has 0 fully saturated rings. The molecular weight excluding hydrogens is 340 g/mol. The molecule has 0 aromatic rings. The van der Waals surface area contributed by atoms with Gasteiger partial charge in [0.1, 0.15) is 0 Å². The van der Waals surface area contributed by atoms with Crippen LogP contribution in [0.25, 0.3) is 0 Å². The van der Waals surface area contributed by atoms with Gasteiger partial charge in [-0.3, -0.25) is 0 Å². The summed E-state index contributed by atoms with van der Waals surface area (Å²) in [6.45, 7) is 0.447. The average molecular weight is 376 g/mol. The van der Waals surface area contributed by atoms with E-state index in [-0.39, 0.29) is 6.42 Å². The summed E-state index contributed by atoms with van der Waals surface area (Å²) in [6.07, 6.45) is 10.4. The number of rotatable bonds is 16. The van der Waals surface area contributed by atoms with Crippen molar-refractivity contribution in [3.8, 4) is 0 Å². The van der Waals surface area contributed by atoms with E-state index in [9.17, 15) is 19.8 Å². The lowest BCUT2D eigenvalue weighted by Crippen LogP contribution is -2.46. The lowest BCUT2D eigenvalue weighted by atomic mass is 9.96. The average Bonchev–Trinajstić information content (AvgIpc) is 2.64. The van der Waals surface area contributed by atoms with Crippen molar-refractivity contribution in [3.63, 3.8) is 0 Å². The van der Waals surface area contributed by atoms with Crippen LogP contribution in [0.4, 0.5) is 0 Å². The van der Waals surface area contributed by atoms with Crippen molar-refractivity contribution < 1.29 is 34.8 Å². The molecule has 4 N–H and O–H groups in total. The van der Waals surface area contributed by atoms with E-state index in [4.69, 9.17) is 10.2 Å². The zero-order chi connectivity index (χ0) is 19.8. The Morgan fingerprint density at radius 3 is 1.77 bits per heavy atom. The number of hydrogen-bond acceptors (Lipinski definition) is 7. The van der Waals surface area contributed by atoms with Crippen LogP contribution in [0.3, 0.4) is 0 Å². The van der Waals surface area contributed by atoms with E-state index in [0.717, 1.165) is 19.3 Å². The zero-order valence-corrected chi connectivity index (χ0v) is 16.0. The number of esters is 2. The molecule has 0 spiro atoms. The second-order valence-electron chi connectivity index (χ2n) is 6.88. The second kappa shape index (κ2) is 15.1. The van der Waals surface area contributed by atoms with Gasteiger partial charge in [0.25, 0.3) is 0 Å². The molecule has 2 atom stereocenters. The predicted octanol–water partition coefficient (Wildman–Crippen LogP) is 1.83. The van der Waals surface area contributed by atoms with Crippen LogP contribution in [0, 0.1) is 0 Å². The summed E-state index contributed by atoms with van der Waals surface area (Å²) in [6, 6.07) is 0. The van der Waals surface area contributed by atoms with E-state index in [1.165, 1.54) is 44.9 Å². The second-order valence-corrected chi connectivity index (χ2v) is 6.88. The molecule has 0 amide bonds. The SMILES string of the molecule is CCCCCCCCCCCCCC(O)(CO)C(=O)OC(=O)C(O)CO. The molecule has 0 saturated carbocycles. The van der Waals surface area contributed by atoms with E-state index >= 15 is 0 Å². The van der Waals surface area contributed by atoms with E-state index in [1.807, 2.05) is 0 Å². The number of unbranched alkanes of at least 4 members (excludes halogenated alkanes) is 10. The lowest BCUT2D eigenvalue weighted by Gasteiger charge is -2.23. The minimum Gasteiger partial charge on any atom is -0.393 e. The summed E-state index contributed by atoms with van der Waals surface area (Å²) in [4.78, 5) is 23.1. The number of aliphatic hydroxyl groups excluding tert-OH is 3.